The van der Waals surface area contributed by atoms with Crippen LogP contribution in [-0.2, 0) is 0 Å². The number of aromatic nitrogens is 4. The van der Waals surface area contributed by atoms with E-state index in [-0.39, 0.29) is 0 Å². The molecule has 5 nitrogen and oxygen atoms in total. The van der Waals surface area contributed by atoms with Crippen molar-refractivity contribution >= 4 is 49.4 Å². The van der Waals surface area contributed by atoms with Gasteiger partial charge in [0.05, 0.1) is 39.0 Å². The summed E-state index contributed by atoms with van der Waals surface area (Å²) in [7, 11) is 0. The van der Waals surface area contributed by atoms with Crippen molar-refractivity contribution in [2.45, 2.75) is 0 Å². The number of fused-ring (bicyclic) bond motifs is 6. The maximum Gasteiger partial charge on any atom is 0.274 e. The average molecular weight is 588 g/mol. The molecule has 0 saturated heterocycles. The van der Waals surface area contributed by atoms with Crippen LogP contribution >= 0.6 is 0 Å². The quantitative estimate of drug-likeness (QED) is 0.192. The predicted molar refractivity (Wildman–Crippen MR) is 188 cm³/mol. The lowest BCUT2D eigenvalue weighted by Crippen LogP contribution is -2.00. The Bertz CT molecular complexity index is 2600. The molecule has 0 bridgehead atoms. The molecule has 0 aliphatic rings. The first kappa shape index (κ1) is 25.9. The van der Waals surface area contributed by atoms with Gasteiger partial charge in [-0.15, -0.1) is 0 Å². The first-order valence-electron chi connectivity index (χ1n) is 15.2. The van der Waals surface area contributed by atoms with Gasteiger partial charge in [-0.3, -0.25) is 0 Å². The van der Waals surface area contributed by atoms with Crippen LogP contribution in [0.4, 0.5) is 5.82 Å². The number of nitrogens with zero attached hydrogens (tertiary/aromatic N) is 5. The fraction of sp³-hybridized carbons (Fsp3) is 0. The monoisotopic (exact) mass is 587 g/mol. The standard InChI is InChI=1S/C41H25N5/c1-42-40-26-34(27-13-3-2-4-14-27)43-41(44-40)32-18-8-12-22-38(32)46-37-21-11-7-17-31(37)33-25-28(23-24-39(33)46)45-35-19-9-5-15-29(35)30-16-6-10-20-36(30)45/h2-26H. The molecule has 0 saturated carbocycles. The Labute approximate surface area is 265 Å². The van der Waals surface area contributed by atoms with Gasteiger partial charge in [-0.05, 0) is 60.2 Å². The van der Waals surface area contributed by atoms with Crippen molar-refractivity contribution in [2.75, 3.05) is 0 Å². The van der Waals surface area contributed by atoms with E-state index < -0.39 is 0 Å². The molecule has 9 aromatic rings. The molecule has 6 aromatic carbocycles. The van der Waals surface area contributed by atoms with Crippen molar-refractivity contribution in [2.24, 2.45) is 0 Å². The number of rotatable bonds is 4. The highest BCUT2D eigenvalue weighted by atomic mass is 15.0. The van der Waals surface area contributed by atoms with E-state index in [1.54, 1.807) is 6.07 Å². The molecule has 5 heteroatoms. The SMILES string of the molecule is [C-]#[N+]c1cc(-c2ccccc2)nc(-c2ccccc2-n2c3ccccc3c3cc(-n4c5ccccc5c5ccccc54)ccc32)n1. The number of hydrogen-bond donors (Lipinski definition) is 0. The van der Waals surface area contributed by atoms with Crippen LogP contribution in [0.1, 0.15) is 0 Å². The summed E-state index contributed by atoms with van der Waals surface area (Å²) in [6.45, 7) is 7.78. The highest BCUT2D eigenvalue weighted by Gasteiger charge is 2.21. The van der Waals surface area contributed by atoms with Crippen LogP contribution in [0.3, 0.4) is 0 Å². The fourth-order valence-electron chi connectivity index (χ4n) is 6.79. The summed E-state index contributed by atoms with van der Waals surface area (Å²) in [5.74, 6) is 0.840. The first-order valence-corrected chi connectivity index (χ1v) is 15.2. The van der Waals surface area contributed by atoms with Crippen molar-refractivity contribution in [3.63, 3.8) is 0 Å². The molecule has 0 amide bonds. The Hall–Kier alpha value is -6.51. The summed E-state index contributed by atoms with van der Waals surface area (Å²) in [4.78, 5) is 13.4. The number of benzene rings is 6. The van der Waals surface area contributed by atoms with Gasteiger partial charge in [0.15, 0.2) is 0 Å². The molecule has 0 unspecified atom stereocenters. The van der Waals surface area contributed by atoms with Crippen molar-refractivity contribution in [3.05, 3.63) is 163 Å². The molecule has 9 rings (SSSR count). The van der Waals surface area contributed by atoms with Gasteiger partial charge < -0.3 is 14.0 Å². The zero-order valence-corrected chi connectivity index (χ0v) is 24.7. The molecule has 0 radical (unpaired) electrons. The van der Waals surface area contributed by atoms with Crippen LogP contribution in [0.25, 0.3) is 82.5 Å². The van der Waals surface area contributed by atoms with Gasteiger partial charge in [-0.1, -0.05) is 109 Å². The van der Waals surface area contributed by atoms with E-state index in [1.165, 1.54) is 21.8 Å². The topological polar surface area (TPSA) is 40.0 Å². The van der Waals surface area contributed by atoms with E-state index >= 15 is 0 Å². The second-order valence-corrected chi connectivity index (χ2v) is 11.4. The summed E-state index contributed by atoms with van der Waals surface area (Å²) >= 11 is 0. The Morgan fingerprint density at radius 2 is 1.04 bits per heavy atom. The normalized spacial score (nSPS) is 11.5. The third-order valence-electron chi connectivity index (χ3n) is 8.78. The van der Waals surface area contributed by atoms with Gasteiger partial charge in [-0.25, -0.2) is 4.98 Å². The van der Waals surface area contributed by atoms with Crippen molar-refractivity contribution in [1.29, 1.82) is 0 Å². The number of para-hydroxylation sites is 4. The van der Waals surface area contributed by atoms with E-state index in [0.717, 1.165) is 50.0 Å². The predicted octanol–water partition coefficient (Wildman–Crippen LogP) is 10.6. The zero-order chi connectivity index (χ0) is 30.6. The van der Waals surface area contributed by atoms with E-state index in [2.05, 4.69) is 111 Å². The average Bonchev–Trinajstić information content (AvgIpc) is 3.64. The molecule has 3 aromatic heterocycles. The summed E-state index contributed by atoms with van der Waals surface area (Å²) in [6.07, 6.45) is 0. The minimum Gasteiger partial charge on any atom is -0.360 e. The lowest BCUT2D eigenvalue weighted by Gasteiger charge is -2.13. The molecule has 3 heterocycles. The van der Waals surface area contributed by atoms with Crippen LogP contribution in [0.15, 0.2) is 152 Å². The van der Waals surface area contributed by atoms with Crippen molar-refractivity contribution < 1.29 is 0 Å². The Balaban J connectivity index is 1.29. The van der Waals surface area contributed by atoms with Gasteiger partial charge in [0.2, 0.25) is 0 Å². The molecule has 46 heavy (non-hydrogen) atoms. The molecule has 214 valence electrons. The molecule has 0 atom stereocenters. The summed E-state index contributed by atoms with van der Waals surface area (Å²) in [6, 6.07) is 52.4. The molecule has 0 aliphatic carbocycles. The highest BCUT2D eigenvalue weighted by molar-refractivity contribution is 6.12. The largest absolute Gasteiger partial charge is 0.360 e. The summed E-state index contributed by atoms with van der Waals surface area (Å²) in [5, 5.41) is 4.80. The maximum atomic E-state index is 7.78. The van der Waals surface area contributed by atoms with Crippen molar-refractivity contribution in [3.8, 4) is 34.0 Å². The molecular formula is C41H25N5. The third-order valence-corrected chi connectivity index (χ3v) is 8.78. The van der Waals surface area contributed by atoms with Crippen molar-refractivity contribution in [1.82, 2.24) is 19.1 Å². The Morgan fingerprint density at radius 3 is 1.74 bits per heavy atom. The van der Waals surface area contributed by atoms with E-state index in [0.29, 0.717) is 11.6 Å². The van der Waals surface area contributed by atoms with Crippen LogP contribution in [-0.4, -0.2) is 19.1 Å². The second-order valence-electron chi connectivity index (χ2n) is 11.4. The van der Waals surface area contributed by atoms with Gasteiger partial charge in [0.25, 0.3) is 11.6 Å². The Morgan fingerprint density at radius 1 is 0.478 bits per heavy atom. The molecule has 0 spiro atoms. The molecular weight excluding hydrogens is 562 g/mol. The molecule has 0 fully saturated rings. The van der Waals surface area contributed by atoms with Gasteiger partial charge in [0.1, 0.15) is 0 Å². The second kappa shape index (κ2) is 10.3. The molecule has 0 aliphatic heterocycles. The lowest BCUT2D eigenvalue weighted by molar-refractivity contribution is 1.14. The Kier molecular flexibility index (Phi) is 5.81. The number of hydrogen-bond acceptors (Lipinski definition) is 2. The maximum absolute atomic E-state index is 7.78. The van der Waals surface area contributed by atoms with Crippen LogP contribution < -0.4 is 0 Å². The van der Waals surface area contributed by atoms with Gasteiger partial charge in [-0.2, -0.15) is 0 Å². The van der Waals surface area contributed by atoms with Crippen LogP contribution in [0.5, 0.6) is 0 Å². The third kappa shape index (κ3) is 3.94. The van der Waals surface area contributed by atoms with E-state index in [1.807, 2.05) is 48.5 Å². The van der Waals surface area contributed by atoms with Gasteiger partial charge >= 0.3 is 0 Å². The van der Waals surface area contributed by atoms with Gasteiger partial charge in [0, 0.05) is 27.2 Å². The first-order chi connectivity index (χ1) is 22.8. The minimum absolute atomic E-state index is 0.316. The van der Waals surface area contributed by atoms with Crippen LogP contribution in [0.2, 0.25) is 0 Å². The summed E-state index contributed by atoms with van der Waals surface area (Å²) in [5.41, 5.74) is 9.15. The van der Waals surface area contributed by atoms with E-state index in [9.17, 15) is 0 Å². The smallest absolute Gasteiger partial charge is 0.274 e. The zero-order valence-electron chi connectivity index (χ0n) is 24.7. The summed E-state index contributed by atoms with van der Waals surface area (Å²) < 4.78 is 4.66. The highest BCUT2D eigenvalue weighted by Crippen LogP contribution is 2.39. The van der Waals surface area contributed by atoms with Crippen LogP contribution in [0, 0.1) is 6.57 Å². The molecule has 0 N–H and O–H groups in total. The minimum atomic E-state index is 0.316. The van der Waals surface area contributed by atoms with E-state index in [4.69, 9.17) is 16.5 Å². The lowest BCUT2D eigenvalue weighted by atomic mass is 10.1. The fourth-order valence-corrected chi connectivity index (χ4v) is 6.79.